The first-order valence-corrected chi connectivity index (χ1v) is 15.6. The molecule has 2 aromatic rings. The molecule has 2 aromatic carbocycles. The Balaban J connectivity index is 1.55. The molecule has 0 bridgehead atoms. The van der Waals surface area contributed by atoms with Crippen LogP contribution in [0.4, 0.5) is 0 Å². The van der Waals surface area contributed by atoms with Gasteiger partial charge in [0.15, 0.2) is 12.6 Å². The molecular formula is C36H48O8. The molecule has 7 atom stereocenters. The van der Waals surface area contributed by atoms with Gasteiger partial charge < -0.3 is 33.2 Å². The topological polar surface area (TPSA) is 81.7 Å². The normalized spacial score (nSPS) is 25.9. The van der Waals surface area contributed by atoms with E-state index >= 15 is 0 Å². The van der Waals surface area contributed by atoms with E-state index in [0.29, 0.717) is 25.7 Å². The largest absolute Gasteiger partial charge is 0.496 e. The molecule has 2 aliphatic heterocycles. The van der Waals surface area contributed by atoms with Gasteiger partial charge in [0, 0.05) is 43.7 Å². The molecule has 4 rings (SSSR count). The number of methoxy groups -OCH3 is 2. The third-order valence-corrected chi connectivity index (χ3v) is 8.15. The molecule has 44 heavy (non-hydrogen) atoms. The molecule has 0 amide bonds. The third-order valence-electron chi connectivity index (χ3n) is 8.15. The predicted octanol–water partition coefficient (Wildman–Crippen LogP) is 7.35. The van der Waals surface area contributed by atoms with Crippen molar-refractivity contribution in [2.75, 3.05) is 14.2 Å². The summed E-state index contributed by atoms with van der Waals surface area (Å²) in [5.41, 5.74) is 3.90. The zero-order chi connectivity index (χ0) is 31.6. The first kappa shape index (κ1) is 33.7. The monoisotopic (exact) mass is 608 g/mol. The molecule has 2 aliphatic rings. The fourth-order valence-electron chi connectivity index (χ4n) is 6.09. The Morgan fingerprint density at radius 1 is 0.841 bits per heavy atom. The third kappa shape index (κ3) is 8.94. The molecule has 0 saturated carbocycles. The molecule has 8 heteroatoms. The average molecular weight is 609 g/mol. The van der Waals surface area contributed by atoms with Crippen molar-refractivity contribution in [3.8, 4) is 11.5 Å². The lowest BCUT2D eigenvalue weighted by Gasteiger charge is -2.41. The van der Waals surface area contributed by atoms with Crippen molar-refractivity contribution in [1.82, 2.24) is 0 Å². The highest BCUT2D eigenvalue weighted by atomic mass is 16.7. The maximum Gasteiger partial charge on any atom is 0.302 e. The van der Waals surface area contributed by atoms with E-state index in [1.54, 1.807) is 14.2 Å². The lowest BCUT2D eigenvalue weighted by Crippen LogP contribution is -2.40. The molecule has 0 spiro atoms. The lowest BCUT2D eigenvalue weighted by molar-refractivity contribution is -0.279. The Kier molecular flexibility index (Phi) is 12.4. The van der Waals surface area contributed by atoms with Crippen molar-refractivity contribution >= 4 is 5.97 Å². The van der Waals surface area contributed by atoms with Gasteiger partial charge in [-0.25, -0.2) is 0 Å². The van der Waals surface area contributed by atoms with Gasteiger partial charge in [-0.2, -0.15) is 0 Å². The number of carbonyl (C=O) groups is 1. The smallest absolute Gasteiger partial charge is 0.302 e. The van der Waals surface area contributed by atoms with Crippen molar-refractivity contribution < 1.29 is 38.0 Å². The van der Waals surface area contributed by atoms with Gasteiger partial charge in [0.2, 0.25) is 0 Å². The summed E-state index contributed by atoms with van der Waals surface area (Å²) in [5.74, 6) is 1.28. The summed E-state index contributed by atoms with van der Waals surface area (Å²) in [6, 6.07) is 12.0. The number of esters is 1. The predicted molar refractivity (Wildman–Crippen MR) is 169 cm³/mol. The zero-order valence-electron chi connectivity index (χ0n) is 26.8. The summed E-state index contributed by atoms with van der Waals surface area (Å²) >= 11 is 0. The quantitative estimate of drug-likeness (QED) is 0.163. The first-order chi connectivity index (χ1) is 21.3. The van der Waals surface area contributed by atoms with Gasteiger partial charge in [-0.3, -0.25) is 4.79 Å². The SMILES string of the molecule is C=CCc1cc(C2OC(CC(C)OC(C)=O)CC(CC3CC(CC)OC(c4ccc(CC=C)c(OC)c4)O3)O2)ccc1OC. The molecule has 2 fully saturated rings. The van der Waals surface area contributed by atoms with E-state index in [-0.39, 0.29) is 36.5 Å². The molecule has 2 saturated heterocycles. The number of carbonyl (C=O) groups excluding carboxylic acids is 1. The number of benzene rings is 2. The Morgan fingerprint density at radius 2 is 1.41 bits per heavy atom. The van der Waals surface area contributed by atoms with Crippen LogP contribution in [0.25, 0.3) is 0 Å². The van der Waals surface area contributed by atoms with Crippen molar-refractivity contribution in [2.45, 2.75) is 109 Å². The van der Waals surface area contributed by atoms with E-state index in [9.17, 15) is 4.79 Å². The summed E-state index contributed by atoms with van der Waals surface area (Å²) in [4.78, 5) is 11.6. The lowest BCUT2D eigenvalue weighted by atomic mass is 9.95. The minimum Gasteiger partial charge on any atom is -0.496 e. The van der Waals surface area contributed by atoms with Gasteiger partial charge in [0.25, 0.3) is 0 Å². The van der Waals surface area contributed by atoms with Crippen LogP contribution < -0.4 is 9.47 Å². The maximum atomic E-state index is 11.6. The number of ether oxygens (including phenoxy) is 7. The van der Waals surface area contributed by atoms with E-state index in [1.165, 1.54) is 6.92 Å². The van der Waals surface area contributed by atoms with Crippen LogP contribution in [-0.2, 0) is 41.3 Å². The minimum atomic E-state index is -0.586. The van der Waals surface area contributed by atoms with Crippen LogP contribution in [-0.4, -0.2) is 50.7 Å². The summed E-state index contributed by atoms with van der Waals surface area (Å²) < 4.78 is 42.7. The number of hydrogen-bond donors (Lipinski definition) is 0. The fourth-order valence-corrected chi connectivity index (χ4v) is 6.09. The van der Waals surface area contributed by atoms with Gasteiger partial charge in [-0.1, -0.05) is 37.3 Å². The summed E-state index contributed by atoms with van der Waals surface area (Å²) in [7, 11) is 3.33. The highest BCUT2D eigenvalue weighted by Crippen LogP contribution is 2.39. The van der Waals surface area contributed by atoms with E-state index in [0.717, 1.165) is 53.0 Å². The van der Waals surface area contributed by atoms with Gasteiger partial charge in [0.1, 0.15) is 17.6 Å². The van der Waals surface area contributed by atoms with Crippen LogP contribution in [0.2, 0.25) is 0 Å². The molecule has 2 heterocycles. The van der Waals surface area contributed by atoms with Crippen LogP contribution in [0.3, 0.4) is 0 Å². The number of hydrogen-bond acceptors (Lipinski definition) is 8. The molecule has 0 aromatic heterocycles. The Bertz CT molecular complexity index is 1260. The Morgan fingerprint density at radius 3 is 2.02 bits per heavy atom. The van der Waals surface area contributed by atoms with E-state index in [1.807, 2.05) is 49.4 Å². The minimum absolute atomic E-state index is 0.0519. The molecule has 240 valence electrons. The molecule has 0 aliphatic carbocycles. The highest BCUT2D eigenvalue weighted by molar-refractivity contribution is 5.66. The summed E-state index contributed by atoms with van der Waals surface area (Å²) in [5, 5.41) is 0. The second kappa shape index (κ2) is 16.2. The number of rotatable bonds is 14. The van der Waals surface area contributed by atoms with Crippen molar-refractivity contribution in [2.24, 2.45) is 0 Å². The average Bonchev–Trinajstić information content (AvgIpc) is 3.00. The fraction of sp³-hybridized carbons (Fsp3) is 0.528. The second-order valence-electron chi connectivity index (χ2n) is 11.6. The van der Waals surface area contributed by atoms with Gasteiger partial charge in [-0.05, 0) is 55.5 Å². The summed E-state index contributed by atoms with van der Waals surface area (Å²) in [6.45, 7) is 13.2. The molecule has 7 unspecified atom stereocenters. The second-order valence-corrected chi connectivity index (χ2v) is 11.6. The van der Waals surface area contributed by atoms with Crippen LogP contribution >= 0.6 is 0 Å². The van der Waals surface area contributed by atoms with E-state index in [2.05, 4.69) is 26.1 Å². The van der Waals surface area contributed by atoms with Gasteiger partial charge in [0.05, 0.1) is 38.6 Å². The highest BCUT2D eigenvalue weighted by Gasteiger charge is 2.37. The van der Waals surface area contributed by atoms with Crippen molar-refractivity contribution in [1.29, 1.82) is 0 Å². The molecule has 0 radical (unpaired) electrons. The van der Waals surface area contributed by atoms with Crippen molar-refractivity contribution in [3.05, 3.63) is 84.0 Å². The Labute approximate surface area is 262 Å². The number of allylic oxidation sites excluding steroid dienone is 2. The van der Waals surface area contributed by atoms with Crippen molar-refractivity contribution in [3.63, 3.8) is 0 Å². The van der Waals surface area contributed by atoms with Crippen LogP contribution in [0.1, 0.15) is 87.7 Å². The molecule has 8 nitrogen and oxygen atoms in total. The van der Waals surface area contributed by atoms with E-state index < -0.39 is 12.6 Å². The maximum absolute atomic E-state index is 11.6. The Hall–Kier alpha value is -3.17. The molecule has 0 N–H and O–H groups in total. The van der Waals surface area contributed by atoms with Gasteiger partial charge in [-0.15, -0.1) is 13.2 Å². The van der Waals surface area contributed by atoms with Crippen LogP contribution in [0.15, 0.2) is 61.7 Å². The van der Waals surface area contributed by atoms with Crippen LogP contribution in [0, 0.1) is 0 Å². The first-order valence-electron chi connectivity index (χ1n) is 15.6. The van der Waals surface area contributed by atoms with Gasteiger partial charge >= 0.3 is 5.97 Å². The standard InChI is InChI=1S/C36H48O8/c1-8-11-25-13-14-28(19-34(25)39-7)36-41-29(10-3)20-31(43-36)22-32-21-30(17-23(4)40-24(5)37)42-35(44-32)27-15-16-33(38-6)26(18-27)12-9-2/h8-9,13-16,18-19,23,29-32,35-36H,1-2,10-12,17,20-22H2,3-7H3. The van der Waals surface area contributed by atoms with E-state index in [4.69, 9.17) is 33.2 Å². The van der Waals surface area contributed by atoms with Crippen LogP contribution in [0.5, 0.6) is 11.5 Å². The summed E-state index contributed by atoms with van der Waals surface area (Å²) in [6.07, 6.45) is 6.92. The molecular weight excluding hydrogens is 560 g/mol. The zero-order valence-corrected chi connectivity index (χ0v) is 26.8.